The van der Waals surface area contributed by atoms with Gasteiger partial charge >= 0.3 is 0 Å². The van der Waals surface area contributed by atoms with E-state index in [4.69, 9.17) is 0 Å². The Hall–Kier alpha value is -1.81. The van der Waals surface area contributed by atoms with Gasteiger partial charge in [-0.2, -0.15) is 5.10 Å². The van der Waals surface area contributed by atoms with E-state index >= 15 is 0 Å². The summed E-state index contributed by atoms with van der Waals surface area (Å²) in [5, 5.41) is 10.0. The highest BCUT2D eigenvalue weighted by molar-refractivity contribution is 9.10. The average molecular weight is 316 g/mol. The van der Waals surface area contributed by atoms with E-state index in [0.29, 0.717) is 0 Å². The van der Waals surface area contributed by atoms with Crippen LogP contribution >= 0.6 is 15.9 Å². The van der Waals surface area contributed by atoms with Crippen molar-refractivity contribution in [3.8, 4) is 0 Å². The lowest BCUT2D eigenvalue weighted by atomic mass is 10.1. The first-order valence-corrected chi connectivity index (χ1v) is 6.91. The second kappa shape index (κ2) is 5.05. The van der Waals surface area contributed by atoms with Crippen molar-refractivity contribution in [2.75, 3.05) is 5.32 Å². The summed E-state index contributed by atoms with van der Waals surface area (Å²) in [7, 11) is 1.93. The number of nitrogens with zero attached hydrogens (tertiary/aromatic N) is 2. The van der Waals surface area contributed by atoms with Crippen LogP contribution in [-0.2, 0) is 13.6 Å². The molecule has 0 amide bonds. The molecule has 0 fully saturated rings. The van der Waals surface area contributed by atoms with Crippen molar-refractivity contribution in [3.05, 3.63) is 58.8 Å². The highest BCUT2D eigenvalue weighted by atomic mass is 79.9. The molecular weight excluding hydrogens is 302 g/mol. The van der Waals surface area contributed by atoms with Crippen molar-refractivity contribution >= 4 is 32.4 Å². The number of benzene rings is 2. The fourth-order valence-electron chi connectivity index (χ4n) is 2.09. The SMILES string of the molecule is Cn1cc(CNc2ccc3cc(Br)ccc3c2)cn1. The molecule has 0 atom stereocenters. The number of aryl methyl sites for hydroxylation is 1. The van der Waals surface area contributed by atoms with Gasteiger partial charge in [0.05, 0.1) is 6.20 Å². The topological polar surface area (TPSA) is 29.9 Å². The highest BCUT2D eigenvalue weighted by Gasteiger charge is 1.99. The van der Waals surface area contributed by atoms with Gasteiger partial charge in [-0.15, -0.1) is 0 Å². The minimum Gasteiger partial charge on any atom is -0.381 e. The van der Waals surface area contributed by atoms with Gasteiger partial charge in [-0.05, 0) is 35.0 Å². The van der Waals surface area contributed by atoms with Crippen LogP contribution in [0.25, 0.3) is 10.8 Å². The third kappa shape index (κ3) is 2.79. The lowest BCUT2D eigenvalue weighted by molar-refractivity contribution is 0.767. The second-order valence-corrected chi connectivity index (χ2v) is 5.50. The Labute approximate surface area is 120 Å². The molecule has 1 heterocycles. The van der Waals surface area contributed by atoms with Crippen LogP contribution in [-0.4, -0.2) is 9.78 Å². The Balaban J connectivity index is 1.79. The van der Waals surface area contributed by atoms with Crippen molar-refractivity contribution in [3.63, 3.8) is 0 Å². The van der Waals surface area contributed by atoms with E-state index in [-0.39, 0.29) is 0 Å². The molecular formula is C15H14BrN3. The van der Waals surface area contributed by atoms with Crippen LogP contribution < -0.4 is 5.32 Å². The molecule has 19 heavy (non-hydrogen) atoms. The molecule has 4 heteroatoms. The first-order valence-electron chi connectivity index (χ1n) is 6.11. The van der Waals surface area contributed by atoms with Crippen LogP contribution in [0.1, 0.15) is 5.56 Å². The van der Waals surface area contributed by atoms with Crippen molar-refractivity contribution in [2.24, 2.45) is 7.05 Å². The van der Waals surface area contributed by atoms with Crippen LogP contribution in [0.2, 0.25) is 0 Å². The fourth-order valence-corrected chi connectivity index (χ4v) is 2.47. The average Bonchev–Trinajstić information content (AvgIpc) is 2.82. The maximum Gasteiger partial charge on any atom is 0.0539 e. The zero-order valence-corrected chi connectivity index (χ0v) is 12.2. The molecule has 0 aliphatic carbocycles. The predicted molar refractivity (Wildman–Crippen MR) is 82.2 cm³/mol. The summed E-state index contributed by atoms with van der Waals surface area (Å²) in [5.74, 6) is 0. The number of aromatic nitrogens is 2. The van der Waals surface area contributed by atoms with Crippen LogP contribution in [0.5, 0.6) is 0 Å². The van der Waals surface area contributed by atoms with Crippen LogP contribution in [0.15, 0.2) is 53.3 Å². The van der Waals surface area contributed by atoms with Gasteiger partial charge in [-0.1, -0.05) is 28.1 Å². The molecule has 0 aliphatic rings. The third-order valence-corrected chi connectivity index (χ3v) is 3.55. The molecule has 3 rings (SSSR count). The molecule has 1 aromatic heterocycles. The fraction of sp³-hybridized carbons (Fsp3) is 0.133. The van der Waals surface area contributed by atoms with Crippen molar-refractivity contribution in [1.29, 1.82) is 0 Å². The number of nitrogens with one attached hydrogen (secondary N) is 1. The minimum absolute atomic E-state index is 0.788. The number of halogens is 1. The zero-order chi connectivity index (χ0) is 13.2. The van der Waals surface area contributed by atoms with Gasteiger partial charge in [0, 0.05) is 35.5 Å². The summed E-state index contributed by atoms with van der Waals surface area (Å²) < 4.78 is 2.92. The van der Waals surface area contributed by atoms with E-state index in [2.05, 4.69) is 62.7 Å². The summed E-state index contributed by atoms with van der Waals surface area (Å²) in [6.07, 6.45) is 3.90. The largest absolute Gasteiger partial charge is 0.381 e. The Bertz CT molecular complexity index is 718. The summed E-state index contributed by atoms with van der Waals surface area (Å²) in [4.78, 5) is 0. The number of hydrogen-bond donors (Lipinski definition) is 1. The van der Waals surface area contributed by atoms with E-state index in [0.717, 1.165) is 16.7 Å². The van der Waals surface area contributed by atoms with E-state index in [9.17, 15) is 0 Å². The van der Waals surface area contributed by atoms with E-state index in [1.165, 1.54) is 16.3 Å². The Morgan fingerprint density at radius 3 is 2.74 bits per heavy atom. The number of anilines is 1. The number of hydrogen-bond acceptors (Lipinski definition) is 2. The van der Waals surface area contributed by atoms with Crippen LogP contribution in [0, 0.1) is 0 Å². The Morgan fingerprint density at radius 2 is 1.95 bits per heavy atom. The lowest BCUT2D eigenvalue weighted by Gasteiger charge is -2.06. The van der Waals surface area contributed by atoms with Gasteiger partial charge in [0.15, 0.2) is 0 Å². The molecule has 0 aliphatic heterocycles. The first kappa shape index (κ1) is 12.2. The van der Waals surface area contributed by atoms with Gasteiger partial charge in [0.25, 0.3) is 0 Å². The molecule has 3 aromatic rings. The van der Waals surface area contributed by atoms with Gasteiger partial charge in [-0.3, -0.25) is 4.68 Å². The van der Waals surface area contributed by atoms with Crippen LogP contribution in [0.3, 0.4) is 0 Å². The maximum absolute atomic E-state index is 4.16. The zero-order valence-electron chi connectivity index (χ0n) is 10.6. The van der Waals surface area contributed by atoms with Gasteiger partial charge in [0.2, 0.25) is 0 Å². The highest BCUT2D eigenvalue weighted by Crippen LogP contribution is 2.23. The van der Waals surface area contributed by atoms with E-state index in [1.54, 1.807) is 0 Å². The third-order valence-electron chi connectivity index (χ3n) is 3.06. The minimum atomic E-state index is 0.788. The van der Waals surface area contributed by atoms with Gasteiger partial charge < -0.3 is 5.32 Å². The summed E-state index contributed by atoms with van der Waals surface area (Å²) >= 11 is 3.49. The van der Waals surface area contributed by atoms with Crippen molar-refractivity contribution < 1.29 is 0 Å². The van der Waals surface area contributed by atoms with E-state index < -0.39 is 0 Å². The summed E-state index contributed by atoms with van der Waals surface area (Å²) in [6.45, 7) is 0.788. The predicted octanol–water partition coefficient (Wildman–Crippen LogP) is 3.95. The Morgan fingerprint density at radius 1 is 1.16 bits per heavy atom. The summed E-state index contributed by atoms with van der Waals surface area (Å²) in [6, 6.07) is 12.7. The smallest absolute Gasteiger partial charge is 0.0539 e. The standard InChI is InChI=1S/C15H14BrN3/c1-19-10-11(9-18-19)8-17-15-5-3-12-6-14(16)4-2-13(12)7-15/h2-7,9-10,17H,8H2,1H3. The van der Waals surface area contributed by atoms with Crippen LogP contribution in [0.4, 0.5) is 5.69 Å². The molecule has 0 saturated carbocycles. The lowest BCUT2D eigenvalue weighted by Crippen LogP contribution is -1.98. The molecule has 0 unspecified atom stereocenters. The molecule has 0 radical (unpaired) electrons. The number of fused-ring (bicyclic) bond motifs is 1. The Kier molecular flexibility index (Phi) is 3.25. The molecule has 2 aromatic carbocycles. The molecule has 3 nitrogen and oxygen atoms in total. The van der Waals surface area contributed by atoms with Crippen molar-refractivity contribution in [1.82, 2.24) is 9.78 Å². The van der Waals surface area contributed by atoms with Crippen molar-refractivity contribution in [2.45, 2.75) is 6.54 Å². The van der Waals surface area contributed by atoms with Gasteiger partial charge in [0.1, 0.15) is 0 Å². The maximum atomic E-state index is 4.16. The normalized spacial score (nSPS) is 10.8. The molecule has 0 saturated heterocycles. The summed E-state index contributed by atoms with van der Waals surface area (Å²) in [5.41, 5.74) is 2.30. The molecule has 96 valence electrons. The second-order valence-electron chi connectivity index (χ2n) is 4.58. The monoisotopic (exact) mass is 315 g/mol. The molecule has 1 N–H and O–H groups in total. The first-order chi connectivity index (χ1) is 9.20. The molecule has 0 bridgehead atoms. The molecule has 0 spiro atoms. The van der Waals surface area contributed by atoms with Gasteiger partial charge in [-0.25, -0.2) is 0 Å². The number of rotatable bonds is 3. The van der Waals surface area contributed by atoms with E-state index in [1.807, 2.05) is 24.1 Å². The quantitative estimate of drug-likeness (QED) is 0.793.